The van der Waals surface area contributed by atoms with Crippen LogP contribution in [-0.2, 0) is 4.79 Å². The van der Waals surface area contributed by atoms with Gasteiger partial charge in [-0.3, -0.25) is 19.8 Å². The minimum absolute atomic E-state index is 0. The fourth-order valence-electron chi connectivity index (χ4n) is 3.16. The van der Waals surface area contributed by atoms with Gasteiger partial charge in [-0.1, -0.05) is 25.2 Å². The number of anilines is 1. The Kier molecular flexibility index (Phi) is 10.5. The van der Waals surface area contributed by atoms with Crippen LogP contribution in [-0.4, -0.2) is 52.6 Å². The van der Waals surface area contributed by atoms with Gasteiger partial charge in [0.25, 0.3) is 5.69 Å². The van der Waals surface area contributed by atoms with E-state index in [0.29, 0.717) is 40.6 Å². The van der Waals surface area contributed by atoms with Crippen LogP contribution in [0.5, 0.6) is 0 Å². The van der Waals surface area contributed by atoms with E-state index in [1.54, 1.807) is 23.1 Å². The zero-order valence-electron chi connectivity index (χ0n) is 18.4. The molecule has 1 amide bonds. The molecule has 1 aromatic heterocycles. The van der Waals surface area contributed by atoms with E-state index in [2.05, 4.69) is 23.7 Å². The molecule has 178 valence electrons. The fraction of sp³-hybridized carbons (Fsp3) is 0.364. The highest BCUT2D eigenvalue weighted by Gasteiger charge is 2.21. The van der Waals surface area contributed by atoms with Crippen molar-refractivity contribution < 1.29 is 14.1 Å². The summed E-state index contributed by atoms with van der Waals surface area (Å²) in [5.74, 6) is 0.215. The summed E-state index contributed by atoms with van der Waals surface area (Å²) >= 11 is 2.78. The Balaban J connectivity index is 0.00000385. The molecule has 0 aliphatic heterocycles. The van der Waals surface area contributed by atoms with E-state index >= 15 is 0 Å². The van der Waals surface area contributed by atoms with Crippen LogP contribution in [0.15, 0.2) is 47.4 Å². The molecule has 0 saturated carbocycles. The summed E-state index contributed by atoms with van der Waals surface area (Å²) in [7, 11) is 0. The number of thioether (sulfide) groups is 1. The Bertz CT molecular complexity index is 1080. The zero-order valence-corrected chi connectivity index (χ0v) is 20.8. The van der Waals surface area contributed by atoms with Crippen LogP contribution in [0.2, 0.25) is 0 Å². The topological polar surface area (TPSA) is 79.6 Å². The number of hydrogen-bond donors (Lipinski definition) is 0. The molecule has 2 aromatic carbocycles. The molecule has 0 N–H and O–H groups in total. The number of non-ortho nitro benzene ring substituents is 1. The first-order valence-electron chi connectivity index (χ1n) is 10.4. The summed E-state index contributed by atoms with van der Waals surface area (Å²) in [4.78, 5) is 33.2. The number of fused-ring (bicyclic) bond motifs is 1. The number of aromatic nitrogens is 1. The molecular formula is C22H26ClFN4O3S2. The van der Waals surface area contributed by atoms with E-state index in [-0.39, 0.29) is 29.8 Å². The predicted octanol–water partition coefficient (Wildman–Crippen LogP) is 5.62. The highest BCUT2D eigenvalue weighted by Crippen LogP contribution is 2.32. The van der Waals surface area contributed by atoms with Crippen molar-refractivity contribution in [2.24, 2.45) is 0 Å². The van der Waals surface area contributed by atoms with Crippen LogP contribution in [0.1, 0.15) is 20.3 Å². The molecule has 0 aliphatic rings. The van der Waals surface area contributed by atoms with Crippen molar-refractivity contribution in [3.05, 3.63) is 58.4 Å². The van der Waals surface area contributed by atoms with Gasteiger partial charge in [0.2, 0.25) is 5.91 Å². The van der Waals surface area contributed by atoms with Crippen LogP contribution >= 0.6 is 35.5 Å². The zero-order chi connectivity index (χ0) is 23.1. The Labute approximate surface area is 206 Å². The van der Waals surface area contributed by atoms with Crippen LogP contribution in [0.4, 0.5) is 15.2 Å². The summed E-state index contributed by atoms with van der Waals surface area (Å²) in [6.07, 6.45) is 0.302. The third-order valence-corrected chi connectivity index (χ3v) is 7.09. The summed E-state index contributed by atoms with van der Waals surface area (Å²) in [6.45, 7) is 7.11. The van der Waals surface area contributed by atoms with Crippen molar-refractivity contribution in [1.82, 2.24) is 9.88 Å². The summed E-state index contributed by atoms with van der Waals surface area (Å²) in [6, 6.07) is 10.7. The number of rotatable bonds is 11. The molecule has 3 aromatic rings. The molecule has 0 saturated heterocycles. The van der Waals surface area contributed by atoms with Crippen LogP contribution in [0, 0.1) is 15.9 Å². The Morgan fingerprint density at radius 2 is 1.85 bits per heavy atom. The van der Waals surface area contributed by atoms with Crippen LogP contribution in [0.3, 0.4) is 0 Å². The van der Waals surface area contributed by atoms with Crippen molar-refractivity contribution >= 4 is 62.4 Å². The lowest BCUT2D eigenvalue weighted by atomic mass is 10.3. The van der Waals surface area contributed by atoms with Gasteiger partial charge >= 0.3 is 0 Å². The van der Waals surface area contributed by atoms with Gasteiger partial charge in [-0.25, -0.2) is 9.37 Å². The number of amides is 1. The third-order valence-electron chi connectivity index (χ3n) is 5.04. The van der Waals surface area contributed by atoms with Gasteiger partial charge in [0, 0.05) is 42.3 Å². The first kappa shape index (κ1) is 27.0. The monoisotopic (exact) mass is 512 g/mol. The number of halogens is 2. The molecule has 0 atom stereocenters. The normalized spacial score (nSPS) is 10.9. The lowest BCUT2D eigenvalue weighted by Crippen LogP contribution is -2.39. The molecule has 0 aliphatic carbocycles. The molecule has 0 bridgehead atoms. The minimum atomic E-state index is -0.436. The molecular weight excluding hydrogens is 487 g/mol. The number of nitro benzene ring substituents is 1. The van der Waals surface area contributed by atoms with Crippen molar-refractivity contribution in [2.45, 2.75) is 25.2 Å². The number of hydrogen-bond acceptors (Lipinski definition) is 7. The average molecular weight is 513 g/mol. The second-order valence-corrected chi connectivity index (χ2v) is 9.21. The quantitative estimate of drug-likeness (QED) is 0.188. The highest BCUT2D eigenvalue weighted by atomic mass is 35.5. The molecule has 0 radical (unpaired) electrons. The number of nitrogens with zero attached hydrogens (tertiary/aromatic N) is 4. The van der Waals surface area contributed by atoms with E-state index < -0.39 is 4.92 Å². The van der Waals surface area contributed by atoms with Crippen molar-refractivity contribution in [3.8, 4) is 0 Å². The molecule has 1 heterocycles. The number of carbonyl (C=O) groups is 1. The first-order valence-corrected chi connectivity index (χ1v) is 12.2. The maximum atomic E-state index is 13.1. The van der Waals surface area contributed by atoms with Gasteiger partial charge in [-0.05, 0) is 43.4 Å². The predicted molar refractivity (Wildman–Crippen MR) is 135 cm³/mol. The Hall–Kier alpha value is -2.27. The third kappa shape index (κ3) is 7.36. The van der Waals surface area contributed by atoms with E-state index in [0.717, 1.165) is 18.0 Å². The number of carbonyl (C=O) groups excluding carboxylic acids is 1. The summed E-state index contributed by atoms with van der Waals surface area (Å²) < 4.78 is 13.8. The summed E-state index contributed by atoms with van der Waals surface area (Å²) in [5, 5.41) is 11.6. The summed E-state index contributed by atoms with van der Waals surface area (Å²) in [5.41, 5.74) is 0.640. The fourth-order valence-corrected chi connectivity index (χ4v) is 5.04. The van der Waals surface area contributed by atoms with Gasteiger partial charge in [-0.2, -0.15) is 0 Å². The molecule has 11 heteroatoms. The SMILES string of the molecule is CCN(CC)CCN(C(=O)CCSc1ccc(F)cc1)c1nc2ccc([N+](=O)[O-])cc2s1.Cl. The molecule has 3 rings (SSSR count). The maximum Gasteiger partial charge on any atom is 0.270 e. The number of nitro groups is 1. The number of benzene rings is 2. The van der Waals surface area contributed by atoms with Gasteiger partial charge < -0.3 is 4.90 Å². The largest absolute Gasteiger partial charge is 0.302 e. The van der Waals surface area contributed by atoms with Crippen molar-refractivity contribution in [3.63, 3.8) is 0 Å². The van der Waals surface area contributed by atoms with E-state index in [1.807, 2.05) is 0 Å². The second kappa shape index (κ2) is 12.8. The van der Waals surface area contributed by atoms with Gasteiger partial charge in [0.05, 0.1) is 15.1 Å². The number of likely N-dealkylation sites (N-methyl/N-ethyl adjacent to an activating group) is 1. The average Bonchev–Trinajstić information content (AvgIpc) is 3.21. The van der Waals surface area contributed by atoms with Gasteiger partial charge in [0.15, 0.2) is 5.13 Å². The van der Waals surface area contributed by atoms with Crippen molar-refractivity contribution in [1.29, 1.82) is 0 Å². The standard InChI is InChI=1S/C22H25FN4O3S2.ClH/c1-3-25(4-2)12-13-26(21(28)11-14-31-18-8-5-16(23)6-9-18)22-24-19-10-7-17(27(29)30)15-20(19)32-22;/h5-10,15H,3-4,11-14H2,1-2H3;1H. The molecule has 0 spiro atoms. The van der Waals surface area contributed by atoms with E-state index in [9.17, 15) is 19.3 Å². The smallest absolute Gasteiger partial charge is 0.270 e. The van der Waals surface area contributed by atoms with Crippen LogP contribution < -0.4 is 4.90 Å². The van der Waals surface area contributed by atoms with Gasteiger partial charge in [0.1, 0.15) is 5.82 Å². The molecule has 0 unspecified atom stereocenters. The van der Waals surface area contributed by atoms with E-state index in [1.165, 1.54) is 47.4 Å². The maximum absolute atomic E-state index is 13.1. The van der Waals surface area contributed by atoms with Gasteiger partial charge in [-0.15, -0.1) is 24.2 Å². The number of thiazole rings is 1. The Morgan fingerprint density at radius 3 is 2.48 bits per heavy atom. The second-order valence-electron chi connectivity index (χ2n) is 7.03. The van der Waals surface area contributed by atoms with E-state index in [4.69, 9.17) is 0 Å². The minimum Gasteiger partial charge on any atom is -0.302 e. The molecule has 0 fully saturated rings. The molecule has 7 nitrogen and oxygen atoms in total. The Morgan fingerprint density at radius 1 is 1.15 bits per heavy atom. The first-order chi connectivity index (χ1) is 15.4. The van der Waals surface area contributed by atoms with Crippen molar-refractivity contribution in [2.75, 3.05) is 36.8 Å². The lowest BCUT2D eigenvalue weighted by Gasteiger charge is -2.24. The lowest BCUT2D eigenvalue weighted by molar-refractivity contribution is -0.384. The highest BCUT2D eigenvalue weighted by molar-refractivity contribution is 7.99. The molecule has 33 heavy (non-hydrogen) atoms. The van der Waals surface area contributed by atoms with Crippen LogP contribution in [0.25, 0.3) is 10.2 Å².